The third kappa shape index (κ3) is 8.52. The lowest BCUT2D eigenvalue weighted by atomic mass is 10.2. The van der Waals surface area contributed by atoms with Crippen molar-refractivity contribution in [2.75, 3.05) is 26.7 Å². The molecule has 2 rings (SSSR count). The van der Waals surface area contributed by atoms with Crippen LogP contribution in [0.1, 0.15) is 31.4 Å². The number of carbonyl (C=O) groups is 1. The Kier molecular flexibility index (Phi) is 9.44. The molecule has 5 nitrogen and oxygen atoms in total. The SMILES string of the molecule is CNCCCN(Cc1ccc(F)cc1)C(=O)NCc1ccc(OCC(C)C)cc1. The number of rotatable bonds is 11. The van der Waals surface area contributed by atoms with Crippen LogP contribution in [-0.4, -0.2) is 37.7 Å². The Labute approximate surface area is 173 Å². The number of halogens is 1. The summed E-state index contributed by atoms with van der Waals surface area (Å²) in [4.78, 5) is 14.5. The molecule has 2 aromatic carbocycles. The van der Waals surface area contributed by atoms with Gasteiger partial charge in [-0.3, -0.25) is 0 Å². The Bertz CT molecular complexity index is 733. The fourth-order valence-electron chi connectivity index (χ4n) is 2.77. The van der Waals surface area contributed by atoms with Crippen molar-refractivity contribution in [2.45, 2.75) is 33.4 Å². The monoisotopic (exact) mass is 401 g/mol. The quantitative estimate of drug-likeness (QED) is 0.556. The van der Waals surface area contributed by atoms with Crippen molar-refractivity contribution >= 4 is 6.03 Å². The Morgan fingerprint density at radius 2 is 1.72 bits per heavy atom. The molecule has 6 heteroatoms. The van der Waals surface area contributed by atoms with E-state index in [4.69, 9.17) is 4.74 Å². The lowest BCUT2D eigenvalue weighted by Gasteiger charge is -2.23. The van der Waals surface area contributed by atoms with E-state index < -0.39 is 0 Å². The molecule has 0 heterocycles. The van der Waals surface area contributed by atoms with Gasteiger partial charge in [-0.1, -0.05) is 38.1 Å². The molecule has 0 fully saturated rings. The molecule has 29 heavy (non-hydrogen) atoms. The molecular formula is C23H32FN3O2. The van der Waals surface area contributed by atoms with Crippen molar-refractivity contribution in [1.82, 2.24) is 15.5 Å². The zero-order valence-corrected chi connectivity index (χ0v) is 17.6. The largest absolute Gasteiger partial charge is 0.493 e. The summed E-state index contributed by atoms with van der Waals surface area (Å²) in [5.41, 5.74) is 1.91. The summed E-state index contributed by atoms with van der Waals surface area (Å²) in [5.74, 6) is 1.03. The number of ether oxygens (including phenoxy) is 1. The normalized spacial score (nSPS) is 10.8. The average molecular weight is 402 g/mol. The van der Waals surface area contributed by atoms with Gasteiger partial charge in [0.15, 0.2) is 0 Å². The van der Waals surface area contributed by atoms with Gasteiger partial charge in [0, 0.05) is 19.6 Å². The van der Waals surface area contributed by atoms with E-state index in [1.165, 1.54) is 12.1 Å². The second kappa shape index (κ2) is 12.1. The molecule has 0 atom stereocenters. The van der Waals surface area contributed by atoms with Crippen LogP contribution in [0, 0.1) is 11.7 Å². The molecule has 0 saturated heterocycles. The average Bonchev–Trinajstić information content (AvgIpc) is 2.72. The minimum absolute atomic E-state index is 0.134. The van der Waals surface area contributed by atoms with Gasteiger partial charge in [-0.05, 0) is 61.3 Å². The summed E-state index contributed by atoms with van der Waals surface area (Å²) in [5, 5.41) is 6.07. The van der Waals surface area contributed by atoms with Crippen molar-refractivity contribution < 1.29 is 13.9 Å². The van der Waals surface area contributed by atoms with Crippen LogP contribution in [0.5, 0.6) is 5.75 Å². The molecule has 158 valence electrons. The maximum atomic E-state index is 13.1. The lowest BCUT2D eigenvalue weighted by Crippen LogP contribution is -2.40. The van der Waals surface area contributed by atoms with Gasteiger partial charge in [-0.15, -0.1) is 0 Å². The first-order valence-corrected chi connectivity index (χ1v) is 10.1. The third-order valence-corrected chi connectivity index (χ3v) is 4.38. The third-order valence-electron chi connectivity index (χ3n) is 4.38. The van der Waals surface area contributed by atoms with Crippen molar-refractivity contribution in [3.63, 3.8) is 0 Å². The highest BCUT2D eigenvalue weighted by atomic mass is 19.1. The standard InChI is InChI=1S/C23H32FN3O2/c1-18(2)17-29-22-11-7-19(8-12-22)15-26-23(28)27(14-4-13-25-3)16-20-5-9-21(24)10-6-20/h5-12,18,25H,4,13-17H2,1-3H3,(H,26,28). The van der Waals surface area contributed by atoms with Gasteiger partial charge in [0.2, 0.25) is 0 Å². The van der Waals surface area contributed by atoms with Gasteiger partial charge in [-0.2, -0.15) is 0 Å². The zero-order valence-electron chi connectivity index (χ0n) is 17.6. The highest BCUT2D eigenvalue weighted by Gasteiger charge is 2.13. The highest BCUT2D eigenvalue weighted by Crippen LogP contribution is 2.13. The van der Waals surface area contributed by atoms with Gasteiger partial charge < -0.3 is 20.3 Å². The van der Waals surface area contributed by atoms with Crippen LogP contribution in [0.3, 0.4) is 0 Å². The van der Waals surface area contributed by atoms with Crippen LogP contribution in [0.25, 0.3) is 0 Å². The minimum Gasteiger partial charge on any atom is -0.493 e. The number of benzene rings is 2. The predicted molar refractivity (Wildman–Crippen MR) is 114 cm³/mol. The zero-order chi connectivity index (χ0) is 21.1. The fourth-order valence-corrected chi connectivity index (χ4v) is 2.77. The number of amides is 2. The molecule has 0 bridgehead atoms. The van der Waals surface area contributed by atoms with E-state index in [1.54, 1.807) is 17.0 Å². The van der Waals surface area contributed by atoms with E-state index in [-0.39, 0.29) is 11.8 Å². The van der Waals surface area contributed by atoms with E-state index in [0.717, 1.165) is 29.8 Å². The molecule has 2 aromatic rings. The van der Waals surface area contributed by atoms with Crippen LogP contribution < -0.4 is 15.4 Å². The first-order chi connectivity index (χ1) is 14.0. The van der Waals surface area contributed by atoms with E-state index in [9.17, 15) is 9.18 Å². The molecule has 2 amide bonds. The summed E-state index contributed by atoms with van der Waals surface area (Å²) in [7, 11) is 1.89. The molecular weight excluding hydrogens is 369 g/mol. The van der Waals surface area contributed by atoms with Crippen molar-refractivity contribution in [3.05, 3.63) is 65.5 Å². The van der Waals surface area contributed by atoms with Crippen LogP contribution in [0.2, 0.25) is 0 Å². The second-order valence-electron chi connectivity index (χ2n) is 7.51. The van der Waals surface area contributed by atoms with Crippen molar-refractivity contribution in [2.24, 2.45) is 5.92 Å². The van der Waals surface area contributed by atoms with Crippen LogP contribution in [0.15, 0.2) is 48.5 Å². The number of nitrogens with one attached hydrogen (secondary N) is 2. The van der Waals surface area contributed by atoms with E-state index >= 15 is 0 Å². The smallest absolute Gasteiger partial charge is 0.317 e. The second-order valence-corrected chi connectivity index (χ2v) is 7.51. The van der Waals surface area contributed by atoms with Crippen LogP contribution >= 0.6 is 0 Å². The molecule has 0 spiro atoms. The Hall–Kier alpha value is -2.60. The number of carbonyl (C=O) groups excluding carboxylic acids is 1. The summed E-state index contributed by atoms with van der Waals surface area (Å²) >= 11 is 0. The molecule has 0 aliphatic heterocycles. The van der Waals surface area contributed by atoms with Gasteiger partial charge in [0.05, 0.1) is 6.61 Å². The first kappa shape index (κ1) is 22.7. The molecule has 0 aliphatic rings. The van der Waals surface area contributed by atoms with Gasteiger partial charge in [0.25, 0.3) is 0 Å². The van der Waals surface area contributed by atoms with Gasteiger partial charge in [-0.25, -0.2) is 9.18 Å². The van der Waals surface area contributed by atoms with Gasteiger partial charge in [0.1, 0.15) is 11.6 Å². The molecule has 0 unspecified atom stereocenters. The van der Waals surface area contributed by atoms with E-state index in [0.29, 0.717) is 32.2 Å². The Balaban J connectivity index is 1.91. The number of urea groups is 1. The molecule has 0 aliphatic carbocycles. The predicted octanol–water partition coefficient (Wildman–Crippen LogP) is 4.18. The highest BCUT2D eigenvalue weighted by molar-refractivity contribution is 5.74. The molecule has 0 aromatic heterocycles. The van der Waals surface area contributed by atoms with Crippen LogP contribution in [-0.2, 0) is 13.1 Å². The Morgan fingerprint density at radius 3 is 2.34 bits per heavy atom. The molecule has 2 N–H and O–H groups in total. The topological polar surface area (TPSA) is 53.6 Å². The minimum atomic E-state index is -0.277. The number of hydrogen-bond acceptors (Lipinski definition) is 3. The Morgan fingerprint density at radius 1 is 1.07 bits per heavy atom. The lowest BCUT2D eigenvalue weighted by molar-refractivity contribution is 0.194. The summed E-state index contributed by atoms with van der Waals surface area (Å²) < 4.78 is 18.8. The van der Waals surface area contributed by atoms with Crippen molar-refractivity contribution in [1.29, 1.82) is 0 Å². The first-order valence-electron chi connectivity index (χ1n) is 10.1. The summed E-state index contributed by atoms with van der Waals surface area (Å²) in [6.07, 6.45) is 0.840. The van der Waals surface area contributed by atoms with E-state index in [1.807, 2.05) is 31.3 Å². The number of hydrogen-bond donors (Lipinski definition) is 2. The maximum absolute atomic E-state index is 13.1. The fraction of sp³-hybridized carbons (Fsp3) is 0.435. The van der Waals surface area contributed by atoms with Crippen LogP contribution in [0.4, 0.5) is 9.18 Å². The summed E-state index contributed by atoms with van der Waals surface area (Å²) in [6, 6.07) is 13.9. The summed E-state index contributed by atoms with van der Waals surface area (Å²) in [6.45, 7) is 7.22. The van der Waals surface area contributed by atoms with Gasteiger partial charge >= 0.3 is 6.03 Å². The molecule has 0 radical (unpaired) electrons. The number of nitrogens with zero attached hydrogens (tertiary/aromatic N) is 1. The van der Waals surface area contributed by atoms with Crippen molar-refractivity contribution in [3.8, 4) is 5.75 Å². The maximum Gasteiger partial charge on any atom is 0.317 e. The molecule has 0 saturated carbocycles. The van der Waals surface area contributed by atoms with E-state index in [2.05, 4.69) is 24.5 Å².